The van der Waals surface area contributed by atoms with Crippen LogP contribution in [0, 0.1) is 0 Å². The van der Waals surface area contributed by atoms with Crippen molar-refractivity contribution in [1.29, 1.82) is 0 Å². The van der Waals surface area contributed by atoms with Crippen LogP contribution in [0.4, 0.5) is 22.0 Å². The van der Waals surface area contributed by atoms with Gasteiger partial charge in [-0.15, -0.1) is 0 Å². The van der Waals surface area contributed by atoms with Crippen molar-refractivity contribution in [3.8, 4) is 0 Å². The molecular weight excluding hydrogens is 374 g/mol. The van der Waals surface area contributed by atoms with Gasteiger partial charge in [0.1, 0.15) is 5.60 Å². The zero-order chi connectivity index (χ0) is 20.5. The third kappa shape index (κ3) is 4.01. The summed E-state index contributed by atoms with van der Waals surface area (Å²) in [4.78, 5) is 25.6. The standard InChI is InChI=1S/C20H27N5O2S/c1-20(2,3)27-19(26)25-12-16(13-9-7-8-10-14(13)25)24(5)15-11-22-18(28-6)23-17(15)21-4/h7-11,16H,12H2,1-6H3,(H,21,22,23). The van der Waals surface area contributed by atoms with E-state index >= 15 is 0 Å². The summed E-state index contributed by atoms with van der Waals surface area (Å²) in [5.41, 5.74) is 2.29. The van der Waals surface area contributed by atoms with Crippen LogP contribution in [0.3, 0.4) is 0 Å². The van der Waals surface area contributed by atoms with Crippen LogP contribution in [0.2, 0.25) is 0 Å². The van der Waals surface area contributed by atoms with Gasteiger partial charge in [0.25, 0.3) is 0 Å². The van der Waals surface area contributed by atoms with Crippen LogP contribution in [0.5, 0.6) is 0 Å². The lowest BCUT2D eigenvalue weighted by Gasteiger charge is -2.29. The molecule has 150 valence electrons. The van der Waals surface area contributed by atoms with Crippen LogP contribution >= 0.6 is 11.8 Å². The summed E-state index contributed by atoms with van der Waals surface area (Å²) in [6, 6.07) is 7.91. The van der Waals surface area contributed by atoms with Crippen LogP contribution in [0.15, 0.2) is 35.6 Å². The molecule has 1 N–H and O–H groups in total. The number of amides is 1. The Bertz CT molecular complexity index is 868. The van der Waals surface area contributed by atoms with E-state index in [1.54, 1.807) is 4.90 Å². The minimum absolute atomic E-state index is 0.0282. The number of hydrogen-bond donors (Lipinski definition) is 1. The second-order valence-corrected chi connectivity index (χ2v) is 8.39. The lowest BCUT2D eigenvalue weighted by Crippen LogP contribution is -2.38. The van der Waals surface area contributed by atoms with E-state index in [4.69, 9.17) is 4.74 Å². The molecule has 0 bridgehead atoms. The van der Waals surface area contributed by atoms with Crippen LogP contribution < -0.4 is 15.1 Å². The third-order valence-electron chi connectivity index (χ3n) is 4.57. The highest BCUT2D eigenvalue weighted by Gasteiger charge is 2.37. The molecule has 0 saturated carbocycles. The fraction of sp³-hybridized carbons (Fsp3) is 0.450. The lowest BCUT2D eigenvalue weighted by atomic mass is 10.1. The summed E-state index contributed by atoms with van der Waals surface area (Å²) in [6.45, 7) is 6.12. The summed E-state index contributed by atoms with van der Waals surface area (Å²) < 4.78 is 5.62. The predicted molar refractivity (Wildman–Crippen MR) is 115 cm³/mol. The van der Waals surface area contributed by atoms with Crippen molar-refractivity contribution in [3.63, 3.8) is 0 Å². The zero-order valence-electron chi connectivity index (χ0n) is 17.2. The number of thioether (sulfide) groups is 1. The van der Waals surface area contributed by atoms with E-state index in [1.165, 1.54) is 11.8 Å². The van der Waals surface area contributed by atoms with E-state index in [0.717, 1.165) is 22.8 Å². The SMILES string of the molecule is CNc1nc(SC)ncc1N(C)C1CN(C(=O)OC(C)(C)C)c2ccccc21. The van der Waals surface area contributed by atoms with Gasteiger partial charge in [0.2, 0.25) is 0 Å². The number of ether oxygens (including phenoxy) is 1. The third-order valence-corrected chi connectivity index (χ3v) is 5.13. The van der Waals surface area contributed by atoms with E-state index in [1.807, 2.05) is 65.5 Å². The number of benzene rings is 1. The average molecular weight is 402 g/mol. The summed E-state index contributed by atoms with van der Waals surface area (Å²) >= 11 is 1.50. The first-order chi connectivity index (χ1) is 13.2. The highest BCUT2D eigenvalue weighted by Crippen LogP contribution is 2.41. The van der Waals surface area contributed by atoms with Gasteiger partial charge in [-0.2, -0.15) is 0 Å². The van der Waals surface area contributed by atoms with E-state index in [-0.39, 0.29) is 12.1 Å². The van der Waals surface area contributed by atoms with Crippen LogP contribution in [-0.4, -0.2) is 48.6 Å². The van der Waals surface area contributed by atoms with Gasteiger partial charge in [-0.25, -0.2) is 14.8 Å². The number of aromatic nitrogens is 2. The highest BCUT2D eigenvalue weighted by molar-refractivity contribution is 7.98. The summed E-state index contributed by atoms with van der Waals surface area (Å²) in [5.74, 6) is 0.759. The van der Waals surface area contributed by atoms with E-state index in [0.29, 0.717) is 11.7 Å². The first-order valence-corrected chi connectivity index (χ1v) is 10.4. The van der Waals surface area contributed by atoms with E-state index in [9.17, 15) is 4.79 Å². The molecule has 1 unspecified atom stereocenters. The van der Waals surface area contributed by atoms with Crippen molar-refractivity contribution in [3.05, 3.63) is 36.0 Å². The maximum Gasteiger partial charge on any atom is 0.414 e. The molecule has 8 heteroatoms. The largest absolute Gasteiger partial charge is 0.443 e. The molecule has 1 aromatic heterocycles. The maximum absolute atomic E-state index is 12.8. The van der Waals surface area contributed by atoms with Crippen LogP contribution in [-0.2, 0) is 4.74 Å². The van der Waals surface area contributed by atoms with Crippen molar-refractivity contribution < 1.29 is 9.53 Å². The molecule has 2 heterocycles. The Morgan fingerprint density at radius 2 is 2.07 bits per heavy atom. The normalized spacial score (nSPS) is 15.9. The number of nitrogens with zero attached hydrogens (tertiary/aromatic N) is 4. The number of carbonyl (C=O) groups is 1. The number of nitrogens with one attached hydrogen (secondary N) is 1. The molecule has 0 aliphatic carbocycles. The monoisotopic (exact) mass is 401 g/mol. The fourth-order valence-electron chi connectivity index (χ4n) is 3.27. The number of likely N-dealkylation sites (N-methyl/N-ethyl adjacent to an activating group) is 1. The molecule has 0 spiro atoms. The second-order valence-electron chi connectivity index (χ2n) is 7.62. The zero-order valence-corrected chi connectivity index (χ0v) is 18.0. The Morgan fingerprint density at radius 1 is 1.36 bits per heavy atom. The maximum atomic E-state index is 12.8. The predicted octanol–water partition coefficient (Wildman–Crippen LogP) is 4.17. The molecular formula is C20H27N5O2S. The van der Waals surface area contributed by atoms with Gasteiger partial charge in [0.05, 0.1) is 30.2 Å². The van der Waals surface area contributed by atoms with Crippen LogP contribution in [0.25, 0.3) is 0 Å². The fourth-order valence-corrected chi connectivity index (χ4v) is 3.61. The van der Waals surface area contributed by atoms with Crippen molar-refractivity contribution in [2.24, 2.45) is 0 Å². The number of anilines is 3. The van der Waals surface area contributed by atoms with Gasteiger partial charge in [-0.05, 0) is 33.1 Å². The van der Waals surface area contributed by atoms with Crippen molar-refractivity contribution in [2.75, 3.05) is 42.0 Å². The van der Waals surface area contributed by atoms with Gasteiger partial charge in [-0.1, -0.05) is 30.0 Å². The highest BCUT2D eigenvalue weighted by atomic mass is 32.2. The molecule has 3 rings (SSSR count). The minimum atomic E-state index is -0.545. The molecule has 0 radical (unpaired) electrons. The molecule has 1 aliphatic rings. The van der Waals surface area contributed by atoms with Crippen molar-refractivity contribution in [1.82, 2.24) is 9.97 Å². The van der Waals surface area contributed by atoms with Gasteiger partial charge in [0.15, 0.2) is 11.0 Å². The Hall–Kier alpha value is -2.48. The molecule has 1 aromatic carbocycles. The number of para-hydroxylation sites is 1. The summed E-state index contributed by atoms with van der Waals surface area (Å²) in [6.07, 6.45) is 3.44. The van der Waals surface area contributed by atoms with Gasteiger partial charge >= 0.3 is 6.09 Å². The van der Waals surface area contributed by atoms with Gasteiger partial charge in [0, 0.05) is 19.7 Å². The van der Waals surface area contributed by atoms with Gasteiger partial charge in [-0.3, -0.25) is 4.90 Å². The van der Waals surface area contributed by atoms with E-state index < -0.39 is 5.60 Å². The molecule has 1 aliphatic heterocycles. The summed E-state index contributed by atoms with van der Waals surface area (Å²) in [7, 11) is 3.84. The number of fused-ring (bicyclic) bond motifs is 1. The van der Waals surface area contributed by atoms with Crippen LogP contribution in [0.1, 0.15) is 32.4 Å². The first-order valence-electron chi connectivity index (χ1n) is 9.16. The smallest absolute Gasteiger partial charge is 0.414 e. The summed E-state index contributed by atoms with van der Waals surface area (Å²) in [5, 5.41) is 3.86. The lowest BCUT2D eigenvalue weighted by molar-refractivity contribution is 0.0582. The molecule has 7 nitrogen and oxygen atoms in total. The molecule has 1 amide bonds. The van der Waals surface area contributed by atoms with Crippen molar-refractivity contribution >= 4 is 35.0 Å². The Morgan fingerprint density at radius 3 is 2.71 bits per heavy atom. The molecule has 28 heavy (non-hydrogen) atoms. The molecule has 0 fully saturated rings. The minimum Gasteiger partial charge on any atom is -0.443 e. The van der Waals surface area contributed by atoms with Gasteiger partial charge < -0.3 is 15.0 Å². The number of hydrogen-bond acceptors (Lipinski definition) is 7. The first kappa shape index (κ1) is 20.3. The Kier molecular flexibility index (Phi) is 5.69. The molecule has 0 saturated heterocycles. The second kappa shape index (κ2) is 7.87. The molecule has 2 aromatic rings. The average Bonchev–Trinajstić information content (AvgIpc) is 3.05. The molecule has 1 atom stereocenters. The number of carbonyl (C=O) groups excluding carboxylic acids is 1. The topological polar surface area (TPSA) is 70.6 Å². The Labute approximate surface area is 170 Å². The quantitative estimate of drug-likeness (QED) is 0.609. The van der Waals surface area contributed by atoms with Crippen molar-refractivity contribution in [2.45, 2.75) is 37.6 Å². The number of rotatable bonds is 4. The van der Waals surface area contributed by atoms with E-state index in [2.05, 4.69) is 26.3 Å². The Balaban J connectivity index is 1.94.